The van der Waals surface area contributed by atoms with Gasteiger partial charge in [0.15, 0.2) is 11.5 Å². The number of amides is 1. The highest BCUT2D eigenvalue weighted by atomic mass is 16.6. The fraction of sp³-hybridized carbons (Fsp3) is 0.385. The van der Waals surface area contributed by atoms with E-state index in [1.807, 2.05) is 45.0 Å². The number of likely N-dealkylation sites (tertiary alicyclic amines) is 1. The van der Waals surface area contributed by atoms with Crippen molar-refractivity contribution in [3.63, 3.8) is 0 Å². The molecule has 7 nitrogen and oxygen atoms in total. The van der Waals surface area contributed by atoms with Crippen molar-refractivity contribution in [3.8, 4) is 17.2 Å². The van der Waals surface area contributed by atoms with E-state index < -0.39 is 17.7 Å². The van der Waals surface area contributed by atoms with E-state index in [1.165, 1.54) is 0 Å². The molecular weight excluding hydrogens is 422 g/mol. The number of ketones is 1. The lowest BCUT2D eigenvalue weighted by Gasteiger charge is -2.26. The number of aliphatic hydroxyl groups excluding tert-OH is 1. The van der Waals surface area contributed by atoms with Gasteiger partial charge in [-0.1, -0.05) is 25.5 Å². The summed E-state index contributed by atoms with van der Waals surface area (Å²) >= 11 is 0. The summed E-state index contributed by atoms with van der Waals surface area (Å²) < 4.78 is 17.0. The van der Waals surface area contributed by atoms with Gasteiger partial charge in [0.1, 0.15) is 24.7 Å². The van der Waals surface area contributed by atoms with Crippen LogP contribution in [0.3, 0.4) is 0 Å². The summed E-state index contributed by atoms with van der Waals surface area (Å²) in [6, 6.07) is 11.6. The number of aliphatic hydroxyl groups is 1. The van der Waals surface area contributed by atoms with Gasteiger partial charge in [0.2, 0.25) is 0 Å². The number of fused-ring (bicyclic) bond motifs is 1. The summed E-state index contributed by atoms with van der Waals surface area (Å²) in [5.74, 6) is 0.180. The number of rotatable bonds is 7. The fourth-order valence-corrected chi connectivity index (χ4v) is 4.16. The highest BCUT2D eigenvalue weighted by Crippen LogP contribution is 2.41. The Bertz CT molecular complexity index is 1090. The smallest absolute Gasteiger partial charge is 0.295 e. The van der Waals surface area contributed by atoms with Crippen LogP contribution in [-0.4, -0.2) is 47.6 Å². The molecule has 0 radical (unpaired) electrons. The number of Topliss-reactive ketones (excluding diaryl/α,β-unsaturated/α-hetero) is 1. The van der Waals surface area contributed by atoms with Crippen molar-refractivity contribution in [2.24, 2.45) is 0 Å². The van der Waals surface area contributed by atoms with E-state index in [0.717, 1.165) is 12.8 Å². The average molecular weight is 452 g/mol. The molecule has 2 aliphatic heterocycles. The van der Waals surface area contributed by atoms with Crippen molar-refractivity contribution in [1.82, 2.24) is 4.90 Å². The zero-order valence-electron chi connectivity index (χ0n) is 19.2. The molecule has 0 bridgehead atoms. The van der Waals surface area contributed by atoms with Crippen molar-refractivity contribution >= 4 is 17.4 Å². The maximum Gasteiger partial charge on any atom is 0.295 e. The van der Waals surface area contributed by atoms with Crippen LogP contribution in [0, 0.1) is 0 Å². The largest absolute Gasteiger partial charge is 0.507 e. The predicted molar refractivity (Wildman–Crippen MR) is 124 cm³/mol. The van der Waals surface area contributed by atoms with E-state index in [-0.39, 0.29) is 17.4 Å². The van der Waals surface area contributed by atoms with Crippen LogP contribution in [0.15, 0.2) is 48.0 Å². The van der Waals surface area contributed by atoms with Crippen LogP contribution < -0.4 is 14.2 Å². The van der Waals surface area contributed by atoms with Crippen LogP contribution in [0.4, 0.5) is 0 Å². The highest BCUT2D eigenvalue weighted by molar-refractivity contribution is 6.46. The van der Waals surface area contributed by atoms with Gasteiger partial charge in [-0.2, -0.15) is 0 Å². The summed E-state index contributed by atoms with van der Waals surface area (Å²) in [5, 5.41) is 11.3. The molecule has 7 heteroatoms. The van der Waals surface area contributed by atoms with Gasteiger partial charge >= 0.3 is 0 Å². The first-order chi connectivity index (χ1) is 15.9. The van der Waals surface area contributed by atoms with Gasteiger partial charge in [-0.15, -0.1) is 0 Å². The third-order valence-corrected chi connectivity index (χ3v) is 5.65. The Balaban J connectivity index is 1.82. The SMILES string of the molecule is CCCCN1C(=O)C(=O)/C(=C(\O)c2ccc3c(c2)OCCO3)C1c1cccc(OC(C)C)c1. The van der Waals surface area contributed by atoms with Crippen LogP contribution in [0.2, 0.25) is 0 Å². The summed E-state index contributed by atoms with van der Waals surface area (Å²) in [5.41, 5.74) is 1.17. The molecule has 1 atom stereocenters. The van der Waals surface area contributed by atoms with Crippen LogP contribution >= 0.6 is 0 Å². The van der Waals surface area contributed by atoms with Crippen LogP contribution in [-0.2, 0) is 9.59 Å². The third kappa shape index (κ3) is 4.53. The predicted octanol–water partition coefficient (Wildman–Crippen LogP) is 4.47. The van der Waals surface area contributed by atoms with Crippen LogP contribution in [0.5, 0.6) is 17.2 Å². The zero-order valence-corrected chi connectivity index (χ0v) is 19.2. The molecule has 2 heterocycles. The molecule has 0 saturated carbocycles. The second kappa shape index (κ2) is 9.57. The van der Waals surface area contributed by atoms with Gasteiger partial charge in [-0.25, -0.2) is 0 Å². The van der Waals surface area contributed by atoms with Gasteiger partial charge in [-0.05, 0) is 56.2 Å². The Labute approximate surface area is 193 Å². The quantitative estimate of drug-likeness (QED) is 0.380. The minimum atomic E-state index is -0.708. The fourth-order valence-electron chi connectivity index (χ4n) is 4.16. The topological polar surface area (TPSA) is 85.3 Å². The van der Waals surface area contributed by atoms with Gasteiger partial charge in [0, 0.05) is 12.1 Å². The summed E-state index contributed by atoms with van der Waals surface area (Å²) in [7, 11) is 0. The Morgan fingerprint density at radius 2 is 1.88 bits per heavy atom. The van der Waals surface area contributed by atoms with Crippen molar-refractivity contribution < 1.29 is 28.9 Å². The Hall–Kier alpha value is -3.48. The number of nitrogens with zero attached hydrogens (tertiary/aromatic N) is 1. The summed E-state index contributed by atoms with van der Waals surface area (Å²) in [6.45, 7) is 7.16. The van der Waals surface area contributed by atoms with Crippen molar-refractivity contribution in [2.45, 2.75) is 45.8 Å². The average Bonchev–Trinajstić information content (AvgIpc) is 3.06. The number of hydrogen-bond acceptors (Lipinski definition) is 6. The Morgan fingerprint density at radius 1 is 1.12 bits per heavy atom. The van der Waals surface area contributed by atoms with Gasteiger partial charge in [0.05, 0.1) is 17.7 Å². The molecule has 2 aromatic carbocycles. The molecule has 1 amide bonds. The van der Waals surface area contributed by atoms with Gasteiger partial charge in [-0.3, -0.25) is 9.59 Å². The molecule has 0 aromatic heterocycles. The molecule has 2 aliphatic rings. The third-order valence-electron chi connectivity index (χ3n) is 5.65. The Morgan fingerprint density at radius 3 is 2.61 bits per heavy atom. The monoisotopic (exact) mass is 451 g/mol. The van der Waals surface area contributed by atoms with E-state index >= 15 is 0 Å². The van der Waals surface area contributed by atoms with Gasteiger partial charge in [0.25, 0.3) is 11.7 Å². The molecule has 1 unspecified atom stereocenters. The van der Waals surface area contributed by atoms with E-state index in [9.17, 15) is 14.7 Å². The van der Waals surface area contributed by atoms with E-state index in [0.29, 0.717) is 48.1 Å². The van der Waals surface area contributed by atoms with Crippen LogP contribution in [0.1, 0.15) is 50.8 Å². The maximum absolute atomic E-state index is 13.1. The van der Waals surface area contributed by atoms with Crippen LogP contribution in [0.25, 0.3) is 5.76 Å². The van der Waals surface area contributed by atoms with Crippen molar-refractivity contribution in [1.29, 1.82) is 0 Å². The lowest BCUT2D eigenvalue weighted by atomic mass is 9.95. The molecule has 4 rings (SSSR count). The molecule has 1 fully saturated rings. The number of unbranched alkanes of at least 4 members (excludes halogenated alkanes) is 1. The van der Waals surface area contributed by atoms with E-state index in [1.54, 1.807) is 23.1 Å². The first-order valence-electron chi connectivity index (χ1n) is 11.4. The van der Waals surface area contributed by atoms with E-state index in [4.69, 9.17) is 14.2 Å². The molecule has 0 spiro atoms. The lowest BCUT2D eigenvalue weighted by Crippen LogP contribution is -2.30. The number of carbonyl (C=O) groups is 2. The minimum absolute atomic E-state index is 0.0237. The zero-order chi connectivity index (χ0) is 23.5. The van der Waals surface area contributed by atoms with E-state index in [2.05, 4.69) is 0 Å². The minimum Gasteiger partial charge on any atom is -0.507 e. The maximum atomic E-state index is 13.1. The number of hydrogen-bond donors (Lipinski definition) is 1. The lowest BCUT2D eigenvalue weighted by molar-refractivity contribution is -0.139. The molecule has 1 N–H and O–H groups in total. The first kappa shape index (κ1) is 22.7. The molecule has 0 aliphatic carbocycles. The standard InChI is InChI=1S/C26H29NO6/c1-4-5-11-27-23(17-7-6-8-19(14-17)33-16(2)3)22(25(29)26(27)30)24(28)18-9-10-20-21(15-18)32-13-12-31-20/h6-10,14-16,23,28H,4-5,11-13H2,1-3H3/b24-22-. The second-order valence-electron chi connectivity index (χ2n) is 8.44. The normalized spacial score (nSPS) is 19.3. The molecule has 1 saturated heterocycles. The number of benzene rings is 2. The molecule has 2 aromatic rings. The number of carbonyl (C=O) groups excluding carboxylic acids is 2. The van der Waals surface area contributed by atoms with Gasteiger partial charge < -0.3 is 24.2 Å². The molecular formula is C26H29NO6. The Kier molecular flexibility index (Phi) is 6.58. The van der Waals surface area contributed by atoms with Crippen molar-refractivity contribution in [2.75, 3.05) is 19.8 Å². The highest BCUT2D eigenvalue weighted by Gasteiger charge is 2.46. The molecule has 174 valence electrons. The van der Waals surface area contributed by atoms with Crippen molar-refractivity contribution in [3.05, 3.63) is 59.2 Å². The summed E-state index contributed by atoms with van der Waals surface area (Å²) in [6.07, 6.45) is 1.59. The molecule has 33 heavy (non-hydrogen) atoms. The number of ether oxygens (including phenoxy) is 3. The first-order valence-corrected chi connectivity index (χ1v) is 11.4. The second-order valence-corrected chi connectivity index (χ2v) is 8.44. The summed E-state index contributed by atoms with van der Waals surface area (Å²) in [4.78, 5) is 27.7.